The van der Waals surface area contributed by atoms with E-state index < -0.39 is 16.6 Å². The Bertz CT molecular complexity index is 370. The Kier molecular flexibility index (Phi) is 8.88. The molecule has 0 amide bonds. The van der Waals surface area contributed by atoms with Gasteiger partial charge in [-0.1, -0.05) is 41.5 Å². The van der Waals surface area contributed by atoms with Gasteiger partial charge in [-0.15, -0.1) is 0 Å². The molecule has 0 rings (SSSR count). The summed E-state index contributed by atoms with van der Waals surface area (Å²) in [5, 5.41) is 0.357. The molecule has 1 unspecified atom stereocenters. The standard InChI is InChI=1S/C18H42O4Si2/c1-15(22-24(11,12)18(5,6)7)16(20-14-19-8)13-21-23(9,10)17(2,3)4/h15-16H,13-14H2,1-12H3/t15?,16-/m1/s1. The molecule has 0 saturated carbocycles. The molecule has 0 radical (unpaired) electrons. The van der Waals surface area contributed by atoms with Gasteiger partial charge < -0.3 is 18.3 Å². The summed E-state index contributed by atoms with van der Waals surface area (Å²) in [6.45, 7) is 25.5. The molecular weight excluding hydrogens is 336 g/mol. The molecule has 0 N–H and O–H groups in total. The van der Waals surface area contributed by atoms with Crippen molar-refractivity contribution >= 4 is 16.6 Å². The maximum absolute atomic E-state index is 6.51. The molecule has 0 bridgehead atoms. The Balaban J connectivity index is 5.00. The van der Waals surface area contributed by atoms with Crippen LogP contribution < -0.4 is 0 Å². The van der Waals surface area contributed by atoms with E-state index in [-0.39, 0.29) is 29.1 Å². The van der Waals surface area contributed by atoms with E-state index in [0.717, 1.165) is 0 Å². The van der Waals surface area contributed by atoms with E-state index in [0.29, 0.717) is 6.61 Å². The molecule has 0 saturated heterocycles. The lowest BCUT2D eigenvalue weighted by Crippen LogP contribution is -2.49. The Morgan fingerprint density at radius 3 is 1.67 bits per heavy atom. The maximum atomic E-state index is 6.51. The molecule has 0 spiro atoms. The lowest BCUT2D eigenvalue weighted by molar-refractivity contribution is -0.118. The molecule has 0 aromatic carbocycles. The van der Waals surface area contributed by atoms with Crippen molar-refractivity contribution in [1.82, 2.24) is 0 Å². The molecule has 0 aromatic heterocycles. The van der Waals surface area contributed by atoms with Crippen LogP contribution in [0.1, 0.15) is 48.5 Å². The van der Waals surface area contributed by atoms with Crippen LogP contribution in [0.2, 0.25) is 36.3 Å². The third-order valence-corrected chi connectivity index (χ3v) is 14.7. The van der Waals surface area contributed by atoms with Gasteiger partial charge in [-0.05, 0) is 43.2 Å². The molecule has 146 valence electrons. The smallest absolute Gasteiger partial charge is 0.192 e. The van der Waals surface area contributed by atoms with Gasteiger partial charge in [-0.25, -0.2) is 0 Å². The zero-order chi connectivity index (χ0) is 19.4. The first kappa shape index (κ1) is 24.3. The second kappa shape index (κ2) is 8.78. The van der Waals surface area contributed by atoms with Crippen LogP contribution >= 0.6 is 0 Å². The maximum Gasteiger partial charge on any atom is 0.192 e. The Morgan fingerprint density at radius 1 is 0.833 bits per heavy atom. The number of methoxy groups -OCH3 is 1. The van der Waals surface area contributed by atoms with E-state index in [9.17, 15) is 0 Å². The second-order valence-corrected chi connectivity index (χ2v) is 19.3. The van der Waals surface area contributed by atoms with Gasteiger partial charge in [0.2, 0.25) is 0 Å². The van der Waals surface area contributed by atoms with Gasteiger partial charge in [-0.2, -0.15) is 0 Å². The highest BCUT2D eigenvalue weighted by molar-refractivity contribution is 6.74. The van der Waals surface area contributed by atoms with Gasteiger partial charge in [0.15, 0.2) is 16.6 Å². The van der Waals surface area contributed by atoms with Crippen molar-refractivity contribution in [2.45, 2.75) is 96.9 Å². The third kappa shape index (κ3) is 7.26. The van der Waals surface area contributed by atoms with Gasteiger partial charge >= 0.3 is 0 Å². The van der Waals surface area contributed by atoms with E-state index in [1.807, 2.05) is 0 Å². The number of hydrogen-bond donors (Lipinski definition) is 0. The monoisotopic (exact) mass is 378 g/mol. The topological polar surface area (TPSA) is 36.9 Å². The fraction of sp³-hybridized carbons (Fsp3) is 1.00. The summed E-state index contributed by atoms with van der Waals surface area (Å²) in [6, 6.07) is 0. The Morgan fingerprint density at radius 2 is 1.29 bits per heavy atom. The lowest BCUT2D eigenvalue weighted by atomic mass is 10.2. The second-order valence-electron chi connectivity index (χ2n) is 9.77. The van der Waals surface area contributed by atoms with Crippen molar-refractivity contribution in [2.24, 2.45) is 0 Å². The average Bonchev–Trinajstić information content (AvgIpc) is 2.35. The summed E-state index contributed by atoms with van der Waals surface area (Å²) >= 11 is 0. The summed E-state index contributed by atoms with van der Waals surface area (Å²) in [5.41, 5.74) is 0. The van der Waals surface area contributed by atoms with Crippen molar-refractivity contribution in [2.75, 3.05) is 20.5 Å². The van der Waals surface area contributed by atoms with Crippen LogP contribution in [0, 0.1) is 0 Å². The van der Waals surface area contributed by atoms with Gasteiger partial charge in [-0.3, -0.25) is 0 Å². The van der Waals surface area contributed by atoms with E-state index >= 15 is 0 Å². The molecule has 2 atom stereocenters. The van der Waals surface area contributed by atoms with E-state index in [1.54, 1.807) is 7.11 Å². The molecule has 0 aliphatic heterocycles. The molecular formula is C18H42O4Si2. The predicted octanol–water partition coefficient (Wildman–Crippen LogP) is 5.41. The molecule has 24 heavy (non-hydrogen) atoms. The molecule has 0 aromatic rings. The summed E-state index contributed by atoms with van der Waals surface area (Å²) in [5.74, 6) is 0. The molecule has 0 aliphatic carbocycles. The minimum Gasteiger partial charge on any atom is -0.414 e. The van der Waals surface area contributed by atoms with E-state index in [1.165, 1.54) is 0 Å². The van der Waals surface area contributed by atoms with Crippen molar-refractivity contribution < 1.29 is 18.3 Å². The number of rotatable bonds is 9. The van der Waals surface area contributed by atoms with E-state index in [4.69, 9.17) is 18.3 Å². The van der Waals surface area contributed by atoms with Crippen LogP contribution in [-0.2, 0) is 18.3 Å². The van der Waals surface area contributed by atoms with Crippen LogP contribution in [0.15, 0.2) is 0 Å². The van der Waals surface area contributed by atoms with Gasteiger partial charge in [0.25, 0.3) is 0 Å². The molecule has 0 fully saturated rings. The molecule has 4 nitrogen and oxygen atoms in total. The van der Waals surface area contributed by atoms with Crippen molar-refractivity contribution in [3.05, 3.63) is 0 Å². The molecule has 0 heterocycles. The van der Waals surface area contributed by atoms with Crippen LogP contribution in [-0.4, -0.2) is 49.4 Å². The van der Waals surface area contributed by atoms with Crippen LogP contribution in [0.3, 0.4) is 0 Å². The fourth-order valence-electron chi connectivity index (χ4n) is 1.70. The van der Waals surface area contributed by atoms with Crippen LogP contribution in [0.4, 0.5) is 0 Å². The largest absolute Gasteiger partial charge is 0.414 e. The molecule has 0 aliphatic rings. The van der Waals surface area contributed by atoms with Crippen LogP contribution in [0.25, 0.3) is 0 Å². The summed E-state index contributed by atoms with van der Waals surface area (Å²) in [6.07, 6.45) is -0.140. The zero-order valence-electron chi connectivity index (χ0n) is 18.2. The Labute approximate surface area is 152 Å². The van der Waals surface area contributed by atoms with Crippen molar-refractivity contribution in [3.8, 4) is 0 Å². The first-order chi connectivity index (χ1) is 10.5. The van der Waals surface area contributed by atoms with Crippen molar-refractivity contribution in [1.29, 1.82) is 0 Å². The van der Waals surface area contributed by atoms with Crippen LogP contribution in [0.5, 0.6) is 0 Å². The minimum absolute atomic E-state index is 0.0224. The first-order valence-corrected chi connectivity index (χ1v) is 14.8. The van der Waals surface area contributed by atoms with E-state index in [2.05, 4.69) is 74.7 Å². The predicted molar refractivity (Wildman–Crippen MR) is 108 cm³/mol. The summed E-state index contributed by atoms with van der Waals surface area (Å²) in [4.78, 5) is 0. The Hall–Kier alpha value is 0.274. The average molecular weight is 379 g/mol. The number of hydrogen-bond acceptors (Lipinski definition) is 4. The summed E-state index contributed by atoms with van der Waals surface area (Å²) in [7, 11) is -2.02. The van der Waals surface area contributed by atoms with Gasteiger partial charge in [0.05, 0.1) is 12.7 Å². The normalized spacial score (nSPS) is 17.0. The fourth-order valence-corrected chi connectivity index (χ4v) is 4.15. The lowest BCUT2D eigenvalue weighted by Gasteiger charge is -2.41. The van der Waals surface area contributed by atoms with Gasteiger partial charge in [0.1, 0.15) is 12.9 Å². The third-order valence-electron chi connectivity index (χ3n) is 5.62. The van der Waals surface area contributed by atoms with Crippen molar-refractivity contribution in [3.63, 3.8) is 0 Å². The highest BCUT2D eigenvalue weighted by atomic mass is 28.4. The summed E-state index contributed by atoms with van der Waals surface area (Å²) < 4.78 is 23.9. The van der Waals surface area contributed by atoms with Gasteiger partial charge in [0, 0.05) is 7.11 Å². The minimum atomic E-state index is -1.85. The quantitative estimate of drug-likeness (QED) is 0.397. The highest BCUT2D eigenvalue weighted by Gasteiger charge is 2.41. The SMILES string of the molecule is COCO[C@H](CO[Si](C)(C)C(C)(C)C)C(C)O[Si](C)(C)C(C)(C)C. The first-order valence-electron chi connectivity index (χ1n) is 8.97. The zero-order valence-corrected chi connectivity index (χ0v) is 20.2. The highest BCUT2D eigenvalue weighted by Crippen LogP contribution is 2.39. The number of ether oxygens (including phenoxy) is 2. The molecule has 6 heteroatoms.